The minimum atomic E-state index is 0.324. The van der Waals surface area contributed by atoms with E-state index in [2.05, 4.69) is 71.4 Å². The Morgan fingerprint density at radius 1 is 0.500 bits per heavy atom. The van der Waals surface area contributed by atoms with Crippen molar-refractivity contribution < 1.29 is 9.47 Å². The van der Waals surface area contributed by atoms with Gasteiger partial charge in [0.1, 0.15) is 0 Å². The van der Waals surface area contributed by atoms with E-state index >= 15 is 0 Å². The summed E-state index contributed by atoms with van der Waals surface area (Å²) in [4.78, 5) is 31.8. The maximum Gasteiger partial charge on any atom is 0.250 e. The van der Waals surface area contributed by atoms with E-state index in [4.69, 9.17) is 9.47 Å². The molecule has 7 rings (SSSR count). The molecule has 2 aliphatic rings. The Morgan fingerprint density at radius 2 is 0.865 bits per heavy atom. The van der Waals surface area contributed by atoms with Gasteiger partial charge in [0, 0.05) is 37.6 Å². The summed E-state index contributed by atoms with van der Waals surface area (Å²) < 4.78 is 11.0. The van der Waals surface area contributed by atoms with Crippen LogP contribution in [0.25, 0.3) is 0 Å². The molecule has 0 unspecified atom stereocenters. The minimum Gasteiger partial charge on any atom is -0.378 e. The lowest BCUT2D eigenvalue weighted by atomic mass is 10.2. The van der Waals surface area contributed by atoms with Gasteiger partial charge in [0.25, 0.3) is 0 Å². The van der Waals surface area contributed by atoms with Crippen molar-refractivity contribution in [2.24, 2.45) is 10.2 Å². The van der Waals surface area contributed by atoms with Crippen molar-refractivity contribution in [2.75, 3.05) is 83.9 Å². The maximum atomic E-state index is 5.51. The highest BCUT2D eigenvalue weighted by Gasteiger charge is 2.18. The summed E-state index contributed by atoms with van der Waals surface area (Å²) in [6, 6.07) is 23.8. The van der Waals surface area contributed by atoms with E-state index < -0.39 is 0 Å². The van der Waals surface area contributed by atoms with Crippen LogP contribution in [-0.2, 0) is 9.47 Å². The summed E-state index contributed by atoms with van der Waals surface area (Å²) in [5.74, 6) is 2.59. The first-order valence-corrected chi connectivity index (χ1v) is 17.1. The molecule has 0 aliphatic carbocycles. The molecule has 4 N–H and O–H groups in total. The molecule has 0 spiro atoms. The van der Waals surface area contributed by atoms with E-state index in [1.807, 2.05) is 86.6 Å². The fraction of sp³-hybridized carbons (Fsp3) is 0.278. The Morgan fingerprint density at radius 3 is 1.25 bits per heavy atom. The largest absolute Gasteiger partial charge is 0.378 e. The van der Waals surface area contributed by atoms with Crippen LogP contribution < -0.4 is 31.3 Å². The molecule has 266 valence electrons. The number of benzene rings is 3. The second kappa shape index (κ2) is 16.6. The topological polar surface area (TPSA) is 175 Å². The number of aryl methyl sites for hydroxylation is 2. The minimum absolute atomic E-state index is 0.324. The number of hydrogen-bond acceptors (Lipinski definition) is 16. The van der Waals surface area contributed by atoms with Gasteiger partial charge < -0.3 is 29.9 Å². The molecular formula is C36H40N14O2. The van der Waals surface area contributed by atoms with Crippen LogP contribution >= 0.6 is 0 Å². The van der Waals surface area contributed by atoms with Crippen molar-refractivity contribution in [3.05, 3.63) is 95.1 Å². The SMILES string of the molecule is Cc1ccc(Nc2nc(N/N=C\c3ccc(/C=N\Nc4nc(Nc5ccc(C)cc5)nc(N5CCOCC5)n4)cc3)nc(N3CCOCC3)n2)cc1. The van der Waals surface area contributed by atoms with Crippen molar-refractivity contribution in [3.63, 3.8) is 0 Å². The lowest BCUT2D eigenvalue weighted by Crippen LogP contribution is -2.37. The highest BCUT2D eigenvalue weighted by Crippen LogP contribution is 2.21. The van der Waals surface area contributed by atoms with Gasteiger partial charge in [-0.3, -0.25) is 0 Å². The fourth-order valence-corrected chi connectivity index (χ4v) is 5.28. The lowest BCUT2D eigenvalue weighted by Gasteiger charge is -2.27. The zero-order chi connectivity index (χ0) is 35.5. The molecule has 0 radical (unpaired) electrons. The number of nitrogens with one attached hydrogen (secondary N) is 4. The first-order valence-electron chi connectivity index (χ1n) is 17.1. The number of anilines is 8. The summed E-state index contributed by atoms with van der Waals surface area (Å²) in [6.07, 6.45) is 3.40. The van der Waals surface area contributed by atoms with Crippen LogP contribution in [0.2, 0.25) is 0 Å². The van der Waals surface area contributed by atoms with Crippen LogP contribution in [-0.4, -0.2) is 94.9 Å². The molecule has 0 atom stereocenters. The van der Waals surface area contributed by atoms with Gasteiger partial charge >= 0.3 is 0 Å². The van der Waals surface area contributed by atoms with E-state index in [0.717, 1.165) is 22.5 Å². The summed E-state index contributed by atoms with van der Waals surface area (Å²) in [7, 11) is 0. The van der Waals surface area contributed by atoms with Crippen LogP contribution in [0.1, 0.15) is 22.3 Å². The summed E-state index contributed by atoms with van der Waals surface area (Å²) in [5, 5.41) is 15.3. The van der Waals surface area contributed by atoms with E-state index in [1.165, 1.54) is 11.1 Å². The molecule has 0 saturated carbocycles. The normalized spacial score (nSPS) is 14.9. The highest BCUT2D eigenvalue weighted by atomic mass is 16.5. The zero-order valence-corrected chi connectivity index (χ0v) is 29.0. The monoisotopic (exact) mass is 700 g/mol. The number of aromatic nitrogens is 6. The molecule has 3 aromatic carbocycles. The highest BCUT2D eigenvalue weighted by molar-refractivity contribution is 5.84. The third-order valence-corrected chi connectivity index (χ3v) is 8.14. The van der Waals surface area contributed by atoms with Gasteiger partial charge in [-0.1, -0.05) is 59.7 Å². The molecule has 52 heavy (non-hydrogen) atoms. The average molecular weight is 701 g/mol. The van der Waals surface area contributed by atoms with Crippen molar-refractivity contribution in [1.29, 1.82) is 0 Å². The first-order chi connectivity index (χ1) is 25.5. The van der Waals surface area contributed by atoms with Crippen LogP contribution in [0.15, 0.2) is 83.0 Å². The van der Waals surface area contributed by atoms with Gasteiger partial charge in [-0.25, -0.2) is 10.9 Å². The molecule has 2 aromatic heterocycles. The van der Waals surface area contributed by atoms with Crippen LogP contribution in [0.3, 0.4) is 0 Å². The second-order valence-corrected chi connectivity index (χ2v) is 12.2. The third-order valence-electron chi connectivity index (χ3n) is 8.14. The van der Waals surface area contributed by atoms with Crippen LogP contribution in [0, 0.1) is 13.8 Å². The predicted molar refractivity (Wildman–Crippen MR) is 204 cm³/mol. The smallest absolute Gasteiger partial charge is 0.250 e. The van der Waals surface area contributed by atoms with E-state index in [-0.39, 0.29) is 0 Å². The lowest BCUT2D eigenvalue weighted by molar-refractivity contribution is 0.122. The quantitative estimate of drug-likeness (QED) is 0.104. The second-order valence-electron chi connectivity index (χ2n) is 12.2. The molecule has 0 bridgehead atoms. The first kappa shape index (κ1) is 34.2. The third kappa shape index (κ3) is 9.49. The molecule has 5 aromatic rings. The van der Waals surface area contributed by atoms with Crippen molar-refractivity contribution in [1.82, 2.24) is 29.9 Å². The molecule has 2 saturated heterocycles. The number of ether oxygens (including phenoxy) is 2. The van der Waals surface area contributed by atoms with Gasteiger partial charge in [-0.2, -0.15) is 40.1 Å². The summed E-state index contributed by atoms with van der Waals surface area (Å²) >= 11 is 0. The summed E-state index contributed by atoms with van der Waals surface area (Å²) in [6.45, 7) is 9.33. The Labute approximate surface area is 301 Å². The van der Waals surface area contributed by atoms with Crippen molar-refractivity contribution in [2.45, 2.75) is 13.8 Å². The van der Waals surface area contributed by atoms with E-state index in [9.17, 15) is 0 Å². The summed E-state index contributed by atoms with van der Waals surface area (Å²) in [5.41, 5.74) is 11.8. The molecule has 4 heterocycles. The molecule has 2 aliphatic heterocycles. The van der Waals surface area contributed by atoms with Crippen molar-refractivity contribution in [3.8, 4) is 0 Å². The molecular weight excluding hydrogens is 660 g/mol. The molecule has 16 heteroatoms. The van der Waals surface area contributed by atoms with Gasteiger partial charge in [0.05, 0.1) is 38.9 Å². The predicted octanol–water partition coefficient (Wildman–Crippen LogP) is 4.73. The maximum absolute atomic E-state index is 5.51. The number of morpholine rings is 2. The molecule has 16 nitrogen and oxygen atoms in total. The number of nitrogens with zero attached hydrogens (tertiary/aromatic N) is 10. The standard InChI is InChI=1S/C36H40N14O2/c1-25-3-11-29(12-4-25)39-31-41-33(45-35(43-31)49-15-19-51-20-16-49)47-37-23-27-7-9-28(10-8-27)24-38-48-34-42-32(40-30-13-5-26(2)6-14-30)44-36(46-34)50-17-21-52-22-18-50/h3-14,23-24H,15-22H2,1-2H3,(H2,39,41,43,45,47)(H2,40,42,44,46,48)/b37-23-,38-24-. The number of hydrazone groups is 2. The fourth-order valence-electron chi connectivity index (χ4n) is 5.28. The number of rotatable bonds is 12. The Bertz CT molecular complexity index is 1830. The molecule has 2 fully saturated rings. The van der Waals surface area contributed by atoms with Gasteiger partial charge in [-0.05, 0) is 49.2 Å². The van der Waals surface area contributed by atoms with Crippen molar-refractivity contribution >= 4 is 59.5 Å². The zero-order valence-electron chi connectivity index (χ0n) is 29.0. The van der Waals surface area contributed by atoms with Crippen LogP contribution in [0.5, 0.6) is 0 Å². The number of hydrogen-bond donors (Lipinski definition) is 4. The van der Waals surface area contributed by atoms with Gasteiger partial charge in [-0.15, -0.1) is 0 Å². The van der Waals surface area contributed by atoms with Crippen LogP contribution in [0.4, 0.5) is 47.1 Å². The Hall–Kier alpha value is -6.26. The molecule has 0 amide bonds. The average Bonchev–Trinajstić information content (AvgIpc) is 3.18. The Kier molecular flexibility index (Phi) is 10.9. The van der Waals surface area contributed by atoms with E-state index in [0.29, 0.717) is 88.3 Å². The van der Waals surface area contributed by atoms with Gasteiger partial charge in [0.15, 0.2) is 0 Å². The van der Waals surface area contributed by atoms with E-state index in [1.54, 1.807) is 12.4 Å². The van der Waals surface area contributed by atoms with Gasteiger partial charge in [0.2, 0.25) is 35.7 Å². The Balaban J connectivity index is 0.997.